The maximum absolute atomic E-state index is 12.1. The molecule has 0 aromatic carbocycles. The predicted molar refractivity (Wildman–Crippen MR) is 72.9 cm³/mol. The number of hydrogen-bond donors (Lipinski definition) is 1. The van der Waals surface area contributed by atoms with Crippen LogP contribution in [-0.2, 0) is 4.74 Å². The van der Waals surface area contributed by atoms with Crippen LogP contribution in [0.4, 0.5) is 5.69 Å². The number of Topliss-reactive ketones (excluding diaryl/α,β-unsaturated/α-hetero) is 1. The van der Waals surface area contributed by atoms with Crippen LogP contribution in [0.5, 0.6) is 0 Å². The second-order valence-electron chi connectivity index (χ2n) is 5.42. The molecule has 7 nitrogen and oxygen atoms in total. The number of nitro groups is 1. The number of hydrogen-bond acceptors (Lipinski definition) is 5. The third-order valence-electron chi connectivity index (χ3n) is 3.78. The molecule has 2 heterocycles. The van der Waals surface area contributed by atoms with Crippen molar-refractivity contribution in [2.75, 3.05) is 26.7 Å². The largest absolute Gasteiger partial charge is 0.377 e. The number of methoxy groups -OCH3 is 1. The Morgan fingerprint density at radius 2 is 2.40 bits per heavy atom. The third-order valence-corrected chi connectivity index (χ3v) is 3.78. The molecule has 2 rings (SSSR count). The van der Waals surface area contributed by atoms with E-state index in [1.54, 1.807) is 7.11 Å². The number of carbonyl (C=O) groups is 1. The molecule has 7 heteroatoms. The van der Waals surface area contributed by atoms with Crippen molar-refractivity contribution in [3.05, 3.63) is 28.1 Å². The van der Waals surface area contributed by atoms with E-state index in [1.165, 1.54) is 12.3 Å². The maximum Gasteiger partial charge on any atom is 0.287 e. The summed E-state index contributed by atoms with van der Waals surface area (Å²) in [6.07, 6.45) is 3.19. The van der Waals surface area contributed by atoms with Crippen molar-refractivity contribution in [2.45, 2.75) is 25.4 Å². The number of carbonyl (C=O) groups excluding carboxylic acids is 1. The maximum atomic E-state index is 12.1. The van der Waals surface area contributed by atoms with Gasteiger partial charge in [0, 0.05) is 19.7 Å². The van der Waals surface area contributed by atoms with Gasteiger partial charge in [-0.15, -0.1) is 0 Å². The van der Waals surface area contributed by atoms with Crippen molar-refractivity contribution in [3.63, 3.8) is 0 Å². The van der Waals surface area contributed by atoms with Crippen LogP contribution in [0.25, 0.3) is 0 Å². The topological polar surface area (TPSA) is 88.5 Å². The fourth-order valence-electron chi connectivity index (χ4n) is 2.55. The van der Waals surface area contributed by atoms with Crippen LogP contribution in [0, 0.1) is 10.1 Å². The molecule has 0 amide bonds. The zero-order chi connectivity index (χ0) is 14.8. The van der Waals surface area contributed by atoms with Gasteiger partial charge in [0.15, 0.2) is 5.78 Å². The van der Waals surface area contributed by atoms with E-state index in [9.17, 15) is 14.9 Å². The summed E-state index contributed by atoms with van der Waals surface area (Å²) >= 11 is 0. The highest BCUT2D eigenvalue weighted by atomic mass is 16.6. The quantitative estimate of drug-likeness (QED) is 0.503. The van der Waals surface area contributed by atoms with E-state index >= 15 is 0 Å². The van der Waals surface area contributed by atoms with Gasteiger partial charge in [0.05, 0.1) is 29.0 Å². The molecule has 0 saturated carbocycles. The van der Waals surface area contributed by atoms with Crippen molar-refractivity contribution in [1.29, 1.82) is 0 Å². The van der Waals surface area contributed by atoms with Crippen LogP contribution in [0.15, 0.2) is 12.3 Å². The minimum absolute atomic E-state index is 0.0891. The number of ether oxygens (including phenoxy) is 1. The first-order valence-corrected chi connectivity index (χ1v) is 6.57. The van der Waals surface area contributed by atoms with Crippen molar-refractivity contribution in [1.82, 2.24) is 9.88 Å². The Morgan fingerprint density at radius 1 is 1.65 bits per heavy atom. The number of aromatic nitrogens is 1. The van der Waals surface area contributed by atoms with Crippen molar-refractivity contribution in [2.24, 2.45) is 0 Å². The molecule has 1 aliphatic rings. The van der Waals surface area contributed by atoms with E-state index in [4.69, 9.17) is 4.74 Å². The third kappa shape index (κ3) is 3.23. The fourth-order valence-corrected chi connectivity index (χ4v) is 2.55. The summed E-state index contributed by atoms with van der Waals surface area (Å²) in [4.78, 5) is 26.9. The zero-order valence-corrected chi connectivity index (χ0v) is 11.7. The summed E-state index contributed by atoms with van der Waals surface area (Å²) in [7, 11) is 1.68. The van der Waals surface area contributed by atoms with Crippen LogP contribution in [0.2, 0.25) is 0 Å². The van der Waals surface area contributed by atoms with Crippen LogP contribution >= 0.6 is 0 Å². The smallest absolute Gasteiger partial charge is 0.287 e. The highest BCUT2D eigenvalue weighted by Gasteiger charge is 2.31. The van der Waals surface area contributed by atoms with Crippen molar-refractivity contribution < 1.29 is 14.5 Å². The van der Waals surface area contributed by atoms with Gasteiger partial charge in [0.1, 0.15) is 0 Å². The lowest BCUT2D eigenvalue weighted by molar-refractivity contribution is -0.384. The number of piperidine rings is 1. The summed E-state index contributed by atoms with van der Waals surface area (Å²) < 4.78 is 5.48. The Hall–Kier alpha value is -1.73. The molecular weight excluding hydrogens is 262 g/mol. The van der Waals surface area contributed by atoms with Crippen LogP contribution in [0.3, 0.4) is 0 Å². The van der Waals surface area contributed by atoms with E-state index in [0.717, 1.165) is 19.4 Å². The average Bonchev–Trinajstić information content (AvgIpc) is 2.88. The molecule has 0 spiro atoms. The Kier molecular flexibility index (Phi) is 4.20. The summed E-state index contributed by atoms with van der Waals surface area (Å²) in [5.41, 5.74) is -0.0320. The van der Waals surface area contributed by atoms with E-state index < -0.39 is 4.92 Å². The summed E-state index contributed by atoms with van der Waals surface area (Å²) in [5, 5.41) is 10.6. The van der Waals surface area contributed by atoms with Gasteiger partial charge in [-0.1, -0.05) is 0 Å². The Labute approximate surface area is 117 Å². The second kappa shape index (κ2) is 5.72. The number of nitrogens with zero attached hydrogens (tertiary/aromatic N) is 2. The van der Waals surface area contributed by atoms with Crippen LogP contribution < -0.4 is 0 Å². The molecule has 1 atom stereocenters. The molecule has 110 valence electrons. The first-order valence-electron chi connectivity index (χ1n) is 6.57. The highest BCUT2D eigenvalue weighted by Crippen LogP contribution is 2.24. The number of rotatable bonds is 5. The molecule has 1 aliphatic heterocycles. The highest BCUT2D eigenvalue weighted by molar-refractivity contribution is 5.96. The molecule has 1 aromatic heterocycles. The van der Waals surface area contributed by atoms with Crippen molar-refractivity contribution >= 4 is 11.5 Å². The summed E-state index contributed by atoms with van der Waals surface area (Å²) in [6.45, 7) is 3.81. The number of likely N-dealkylation sites (tertiary alicyclic amines) is 1. The molecular formula is C13H19N3O4. The molecule has 20 heavy (non-hydrogen) atoms. The molecule has 0 radical (unpaired) electrons. The van der Waals surface area contributed by atoms with E-state index in [1.807, 2.05) is 11.8 Å². The summed E-state index contributed by atoms with van der Waals surface area (Å²) in [6, 6.07) is 1.28. The van der Waals surface area contributed by atoms with Crippen molar-refractivity contribution in [3.8, 4) is 0 Å². The normalized spacial score (nSPS) is 23.7. The van der Waals surface area contributed by atoms with Crippen LogP contribution in [-0.4, -0.2) is 52.9 Å². The lowest BCUT2D eigenvalue weighted by atomic mass is 9.94. The SMILES string of the molecule is COC1(C)CCCN(CC(=O)c2cc([N+](=O)[O-])c[nH]2)C1. The summed E-state index contributed by atoms with van der Waals surface area (Å²) in [5.74, 6) is -0.140. The molecule has 1 saturated heterocycles. The minimum atomic E-state index is -0.518. The fraction of sp³-hybridized carbons (Fsp3) is 0.615. The van der Waals surface area contributed by atoms with Crippen LogP contribution in [0.1, 0.15) is 30.3 Å². The van der Waals surface area contributed by atoms with Gasteiger partial charge >= 0.3 is 0 Å². The number of H-pyrrole nitrogens is 1. The molecule has 1 fully saturated rings. The van der Waals surface area contributed by atoms with Gasteiger partial charge in [0.25, 0.3) is 5.69 Å². The number of nitrogens with one attached hydrogen (secondary N) is 1. The van der Waals surface area contributed by atoms with E-state index in [-0.39, 0.29) is 29.3 Å². The molecule has 1 aromatic rings. The molecule has 1 N–H and O–H groups in total. The Bertz CT molecular complexity index is 513. The van der Waals surface area contributed by atoms with Gasteiger partial charge in [-0.3, -0.25) is 19.8 Å². The Morgan fingerprint density at radius 3 is 3.00 bits per heavy atom. The molecule has 1 unspecified atom stereocenters. The number of ketones is 1. The Balaban J connectivity index is 1.98. The lowest BCUT2D eigenvalue weighted by Crippen LogP contribution is -2.48. The first kappa shape index (κ1) is 14.7. The van der Waals surface area contributed by atoms with Gasteiger partial charge in [-0.2, -0.15) is 0 Å². The minimum Gasteiger partial charge on any atom is -0.377 e. The standard InChI is InChI=1S/C13H19N3O4/c1-13(20-2)4-3-5-15(9-13)8-12(17)11-6-10(7-14-11)16(18)19/h6-7,14H,3-5,8-9H2,1-2H3. The second-order valence-corrected chi connectivity index (χ2v) is 5.42. The first-order chi connectivity index (χ1) is 9.43. The average molecular weight is 281 g/mol. The van der Waals surface area contributed by atoms with E-state index in [0.29, 0.717) is 6.54 Å². The molecule has 0 bridgehead atoms. The lowest BCUT2D eigenvalue weighted by Gasteiger charge is -2.39. The van der Waals surface area contributed by atoms with Gasteiger partial charge < -0.3 is 9.72 Å². The zero-order valence-electron chi connectivity index (χ0n) is 11.7. The number of aromatic amines is 1. The van der Waals surface area contributed by atoms with Gasteiger partial charge in [-0.25, -0.2) is 0 Å². The monoisotopic (exact) mass is 281 g/mol. The van der Waals surface area contributed by atoms with Gasteiger partial charge in [0.2, 0.25) is 0 Å². The van der Waals surface area contributed by atoms with Gasteiger partial charge in [-0.05, 0) is 26.3 Å². The predicted octanol–water partition coefficient (Wildman–Crippen LogP) is 1.61. The molecule has 0 aliphatic carbocycles. The van der Waals surface area contributed by atoms with E-state index in [2.05, 4.69) is 4.98 Å².